The molecule has 0 saturated heterocycles. The lowest BCUT2D eigenvalue weighted by atomic mass is 9.92. The van der Waals surface area contributed by atoms with Crippen LogP contribution in [0.5, 0.6) is 0 Å². The summed E-state index contributed by atoms with van der Waals surface area (Å²) in [6.07, 6.45) is 0. The predicted molar refractivity (Wildman–Crippen MR) is 113 cm³/mol. The molecular weight excluding hydrogens is 431 g/mol. The van der Waals surface area contributed by atoms with Gasteiger partial charge in [-0.1, -0.05) is 30.3 Å². The largest absolute Gasteiger partial charge is 0.375 e. The summed E-state index contributed by atoms with van der Waals surface area (Å²) in [4.78, 5) is 16.1. The third-order valence-electron chi connectivity index (χ3n) is 3.52. The third kappa shape index (κ3) is 9.64. The molecule has 0 saturated carbocycles. The number of aliphatic imine (C=N–C) groups is 1. The maximum Gasteiger partial charge on any atom is 0.227 e. The number of carbonyl (C=O) groups excluding carboxylic acids is 1. The van der Waals surface area contributed by atoms with Gasteiger partial charge in [0, 0.05) is 26.7 Å². The van der Waals surface area contributed by atoms with E-state index in [0.717, 1.165) is 5.56 Å². The van der Waals surface area contributed by atoms with Crippen molar-refractivity contribution in [2.24, 2.45) is 10.4 Å². The molecule has 1 aromatic carbocycles. The van der Waals surface area contributed by atoms with E-state index in [2.05, 4.69) is 20.9 Å². The molecule has 0 spiro atoms. The van der Waals surface area contributed by atoms with Crippen LogP contribution in [0.15, 0.2) is 35.3 Å². The van der Waals surface area contributed by atoms with Crippen molar-refractivity contribution < 1.29 is 9.53 Å². The van der Waals surface area contributed by atoms with Gasteiger partial charge in [-0.25, -0.2) is 0 Å². The van der Waals surface area contributed by atoms with E-state index in [1.165, 1.54) is 0 Å². The molecule has 0 aliphatic heterocycles. The second-order valence-corrected chi connectivity index (χ2v) is 6.13. The van der Waals surface area contributed by atoms with Crippen LogP contribution in [0.1, 0.15) is 26.3 Å². The van der Waals surface area contributed by atoms with Crippen molar-refractivity contribution in [3.05, 3.63) is 35.9 Å². The van der Waals surface area contributed by atoms with Gasteiger partial charge in [-0.05, 0) is 26.3 Å². The molecule has 6 nitrogen and oxygen atoms in total. The van der Waals surface area contributed by atoms with Gasteiger partial charge in [0.2, 0.25) is 5.91 Å². The molecule has 0 unspecified atom stereocenters. The number of guanidine groups is 1. The van der Waals surface area contributed by atoms with Gasteiger partial charge in [-0.2, -0.15) is 0 Å². The second-order valence-electron chi connectivity index (χ2n) is 6.13. The molecule has 0 radical (unpaired) electrons. The van der Waals surface area contributed by atoms with Gasteiger partial charge in [0.1, 0.15) is 0 Å². The molecule has 3 N–H and O–H groups in total. The molecule has 0 aromatic heterocycles. The summed E-state index contributed by atoms with van der Waals surface area (Å²) in [5.41, 5.74) is 0.654. The van der Waals surface area contributed by atoms with Crippen LogP contribution >= 0.6 is 24.0 Å². The van der Waals surface area contributed by atoms with Crippen LogP contribution < -0.4 is 16.0 Å². The Kier molecular flexibility index (Phi) is 12.2. The van der Waals surface area contributed by atoms with Crippen LogP contribution in [-0.2, 0) is 16.1 Å². The number of benzene rings is 1. The Bertz CT molecular complexity index is 521. The number of nitrogens with zero attached hydrogens (tertiary/aromatic N) is 1. The van der Waals surface area contributed by atoms with Gasteiger partial charge in [-0.15, -0.1) is 24.0 Å². The molecule has 7 heteroatoms. The van der Waals surface area contributed by atoms with Gasteiger partial charge >= 0.3 is 0 Å². The van der Waals surface area contributed by atoms with Gasteiger partial charge < -0.3 is 20.7 Å². The number of hydrogen-bond acceptors (Lipinski definition) is 3. The van der Waals surface area contributed by atoms with E-state index in [4.69, 9.17) is 4.74 Å². The highest BCUT2D eigenvalue weighted by Gasteiger charge is 2.27. The molecule has 0 aliphatic carbocycles. The van der Waals surface area contributed by atoms with Crippen LogP contribution in [0.4, 0.5) is 0 Å². The normalized spacial score (nSPS) is 11.4. The first-order valence-corrected chi connectivity index (χ1v) is 8.34. The summed E-state index contributed by atoms with van der Waals surface area (Å²) in [6, 6.07) is 10.1. The minimum atomic E-state index is -0.503. The van der Waals surface area contributed by atoms with Gasteiger partial charge in [0.05, 0.1) is 18.6 Å². The molecule has 1 rings (SSSR count). The Morgan fingerprint density at radius 1 is 1.16 bits per heavy atom. The molecule has 1 aromatic rings. The number of ether oxygens (including phenoxy) is 1. The minimum absolute atomic E-state index is 0. The first kappa shape index (κ1) is 23.6. The number of nitrogens with one attached hydrogen (secondary N) is 3. The van der Waals surface area contributed by atoms with Crippen LogP contribution in [-0.4, -0.2) is 45.2 Å². The fourth-order valence-corrected chi connectivity index (χ4v) is 2.01. The Hall–Kier alpha value is -1.35. The number of carbonyl (C=O) groups is 1. The maximum atomic E-state index is 12.0. The highest BCUT2D eigenvalue weighted by molar-refractivity contribution is 14.0. The second kappa shape index (κ2) is 12.9. The summed E-state index contributed by atoms with van der Waals surface area (Å²) in [6.45, 7) is 8.68. The summed E-state index contributed by atoms with van der Waals surface area (Å²) >= 11 is 0. The van der Waals surface area contributed by atoms with Crippen molar-refractivity contribution in [2.75, 3.05) is 33.3 Å². The lowest BCUT2D eigenvalue weighted by molar-refractivity contribution is -0.128. The lowest BCUT2D eigenvalue weighted by Gasteiger charge is -2.24. The van der Waals surface area contributed by atoms with Gasteiger partial charge in [0.25, 0.3) is 0 Å². The van der Waals surface area contributed by atoms with Crippen LogP contribution in [0.2, 0.25) is 0 Å². The molecule has 1 amide bonds. The van der Waals surface area contributed by atoms with Crippen LogP contribution in [0.25, 0.3) is 0 Å². The van der Waals surface area contributed by atoms with Crippen LogP contribution in [0.3, 0.4) is 0 Å². The zero-order valence-electron chi connectivity index (χ0n) is 15.6. The summed E-state index contributed by atoms with van der Waals surface area (Å²) < 4.78 is 5.62. The first-order valence-electron chi connectivity index (χ1n) is 8.34. The first-order chi connectivity index (χ1) is 11.5. The Labute approximate surface area is 168 Å². The smallest absolute Gasteiger partial charge is 0.227 e. The van der Waals surface area contributed by atoms with Crippen molar-refractivity contribution in [2.45, 2.75) is 27.4 Å². The number of hydrogen-bond donors (Lipinski definition) is 3. The van der Waals surface area contributed by atoms with Crippen molar-refractivity contribution in [3.8, 4) is 0 Å². The number of halogens is 1. The summed E-state index contributed by atoms with van der Waals surface area (Å²) in [7, 11) is 1.71. The molecule has 0 atom stereocenters. The van der Waals surface area contributed by atoms with E-state index >= 15 is 0 Å². The average Bonchev–Trinajstić information content (AvgIpc) is 2.58. The van der Waals surface area contributed by atoms with Crippen LogP contribution in [0, 0.1) is 5.41 Å². The van der Waals surface area contributed by atoms with Gasteiger partial charge in [0.15, 0.2) is 5.96 Å². The average molecular weight is 462 g/mol. The standard InChI is InChI=1S/C18H30N4O2.HI/c1-5-20-16(23)18(2,3)14-22-17(19-4)21-11-12-24-13-15-9-7-6-8-10-15;/h6-10H,5,11-14H2,1-4H3,(H,20,23)(H2,19,21,22);1H. The highest BCUT2D eigenvalue weighted by atomic mass is 127. The molecule has 0 heterocycles. The number of rotatable bonds is 9. The molecule has 0 fully saturated rings. The minimum Gasteiger partial charge on any atom is -0.375 e. The van der Waals surface area contributed by atoms with Crippen molar-refractivity contribution in [1.29, 1.82) is 0 Å². The van der Waals surface area contributed by atoms with E-state index in [0.29, 0.717) is 38.8 Å². The molecule has 0 aliphatic rings. The van der Waals surface area contributed by atoms with E-state index in [-0.39, 0.29) is 29.9 Å². The summed E-state index contributed by atoms with van der Waals surface area (Å²) in [5, 5.41) is 9.21. The SMILES string of the molecule is CCNC(=O)C(C)(C)CNC(=NC)NCCOCc1ccccc1.I. The quantitative estimate of drug-likeness (QED) is 0.228. The maximum absolute atomic E-state index is 12.0. The molecular formula is C18H31IN4O2. The Morgan fingerprint density at radius 2 is 1.84 bits per heavy atom. The fourth-order valence-electron chi connectivity index (χ4n) is 2.01. The molecule has 0 bridgehead atoms. The van der Waals surface area contributed by atoms with Crippen molar-refractivity contribution >= 4 is 35.8 Å². The summed E-state index contributed by atoms with van der Waals surface area (Å²) in [5.74, 6) is 0.690. The van der Waals surface area contributed by atoms with E-state index in [9.17, 15) is 4.79 Å². The van der Waals surface area contributed by atoms with E-state index in [1.54, 1.807) is 7.05 Å². The number of amides is 1. The van der Waals surface area contributed by atoms with E-state index < -0.39 is 5.41 Å². The predicted octanol–water partition coefficient (Wildman–Crippen LogP) is 2.15. The van der Waals surface area contributed by atoms with E-state index in [1.807, 2.05) is 51.1 Å². The molecule has 25 heavy (non-hydrogen) atoms. The Balaban J connectivity index is 0.00000576. The van der Waals surface area contributed by atoms with Crippen molar-refractivity contribution in [3.63, 3.8) is 0 Å². The van der Waals surface area contributed by atoms with Gasteiger partial charge in [-0.3, -0.25) is 9.79 Å². The monoisotopic (exact) mass is 462 g/mol. The fraction of sp³-hybridized carbons (Fsp3) is 0.556. The molecule has 142 valence electrons. The zero-order chi connectivity index (χ0) is 17.8. The zero-order valence-corrected chi connectivity index (χ0v) is 17.9. The van der Waals surface area contributed by atoms with Crippen molar-refractivity contribution in [1.82, 2.24) is 16.0 Å². The third-order valence-corrected chi connectivity index (χ3v) is 3.52. The Morgan fingerprint density at radius 3 is 2.44 bits per heavy atom. The highest BCUT2D eigenvalue weighted by Crippen LogP contribution is 2.13. The topological polar surface area (TPSA) is 74.8 Å². The lowest BCUT2D eigenvalue weighted by Crippen LogP contribution is -2.48.